The second-order valence-electron chi connectivity index (χ2n) is 4.46. The molecule has 0 spiro atoms. The lowest BCUT2D eigenvalue weighted by Gasteiger charge is -2.35. The highest BCUT2D eigenvalue weighted by Crippen LogP contribution is 2.24. The molecule has 1 aromatic heterocycles. The SMILES string of the molecule is CC1CS(=O)(=O)CCN1c1cnccc1C(=N)N. The zero-order chi connectivity index (χ0) is 13.3. The molecular weight excluding hydrogens is 252 g/mol. The highest BCUT2D eigenvalue weighted by Gasteiger charge is 2.29. The van der Waals surface area contributed by atoms with E-state index in [1.165, 1.54) is 0 Å². The average molecular weight is 268 g/mol. The summed E-state index contributed by atoms with van der Waals surface area (Å²) in [5.41, 5.74) is 6.85. The first-order valence-electron chi connectivity index (χ1n) is 5.66. The van der Waals surface area contributed by atoms with Gasteiger partial charge in [0.15, 0.2) is 9.84 Å². The molecule has 1 saturated heterocycles. The summed E-state index contributed by atoms with van der Waals surface area (Å²) in [6.45, 7) is 2.27. The van der Waals surface area contributed by atoms with Gasteiger partial charge in [-0.3, -0.25) is 10.4 Å². The van der Waals surface area contributed by atoms with Crippen LogP contribution in [0.4, 0.5) is 5.69 Å². The van der Waals surface area contributed by atoms with Crippen molar-refractivity contribution in [3.8, 4) is 0 Å². The molecule has 0 bridgehead atoms. The van der Waals surface area contributed by atoms with Crippen molar-refractivity contribution in [1.82, 2.24) is 4.98 Å². The van der Waals surface area contributed by atoms with Gasteiger partial charge < -0.3 is 10.6 Å². The number of nitrogens with one attached hydrogen (secondary N) is 1. The fraction of sp³-hybridized carbons (Fsp3) is 0.455. The summed E-state index contributed by atoms with van der Waals surface area (Å²) in [4.78, 5) is 5.98. The van der Waals surface area contributed by atoms with Gasteiger partial charge in [0.25, 0.3) is 0 Å². The summed E-state index contributed by atoms with van der Waals surface area (Å²) in [6, 6.07) is 1.54. The maximum absolute atomic E-state index is 11.5. The van der Waals surface area contributed by atoms with E-state index in [-0.39, 0.29) is 23.4 Å². The third-order valence-electron chi connectivity index (χ3n) is 3.07. The Bertz CT molecular complexity index is 570. The number of aromatic nitrogens is 1. The summed E-state index contributed by atoms with van der Waals surface area (Å²) < 4.78 is 23.1. The molecule has 2 rings (SSSR count). The molecule has 3 N–H and O–H groups in total. The van der Waals surface area contributed by atoms with E-state index in [9.17, 15) is 8.42 Å². The van der Waals surface area contributed by atoms with Gasteiger partial charge in [0.2, 0.25) is 0 Å². The topological polar surface area (TPSA) is 100 Å². The number of pyridine rings is 1. The number of amidine groups is 1. The molecule has 18 heavy (non-hydrogen) atoms. The van der Waals surface area contributed by atoms with E-state index in [0.29, 0.717) is 12.1 Å². The third-order valence-corrected chi connectivity index (χ3v) is 4.86. The van der Waals surface area contributed by atoms with Gasteiger partial charge in [-0.1, -0.05) is 0 Å². The van der Waals surface area contributed by atoms with Crippen molar-refractivity contribution < 1.29 is 8.42 Å². The molecule has 1 aromatic rings. The fourth-order valence-electron chi connectivity index (χ4n) is 2.20. The number of nitrogens with two attached hydrogens (primary N) is 1. The predicted molar refractivity (Wildman–Crippen MR) is 70.7 cm³/mol. The second kappa shape index (κ2) is 4.56. The van der Waals surface area contributed by atoms with Crippen molar-refractivity contribution >= 4 is 21.4 Å². The van der Waals surface area contributed by atoms with Crippen LogP contribution in [-0.2, 0) is 9.84 Å². The van der Waals surface area contributed by atoms with E-state index in [4.69, 9.17) is 11.1 Å². The molecule has 98 valence electrons. The minimum absolute atomic E-state index is 0.0342. The molecule has 7 heteroatoms. The Morgan fingerprint density at radius 2 is 2.33 bits per heavy atom. The molecule has 0 saturated carbocycles. The quantitative estimate of drug-likeness (QED) is 0.580. The van der Waals surface area contributed by atoms with E-state index in [1.54, 1.807) is 18.5 Å². The van der Waals surface area contributed by atoms with Gasteiger partial charge in [-0.2, -0.15) is 0 Å². The highest BCUT2D eigenvalue weighted by atomic mass is 32.2. The minimum Gasteiger partial charge on any atom is -0.384 e. The van der Waals surface area contributed by atoms with E-state index in [2.05, 4.69) is 4.98 Å². The normalized spacial score (nSPS) is 22.7. The fourth-order valence-corrected chi connectivity index (χ4v) is 3.76. The van der Waals surface area contributed by atoms with Gasteiger partial charge in [-0.05, 0) is 13.0 Å². The second-order valence-corrected chi connectivity index (χ2v) is 6.69. The van der Waals surface area contributed by atoms with Gasteiger partial charge in [0.05, 0.1) is 23.4 Å². The summed E-state index contributed by atoms with van der Waals surface area (Å²) in [6.07, 6.45) is 3.21. The molecule has 1 atom stereocenters. The molecule has 6 nitrogen and oxygen atoms in total. The number of hydrogen-bond acceptors (Lipinski definition) is 5. The Hall–Kier alpha value is -1.63. The van der Waals surface area contributed by atoms with Crippen LogP contribution >= 0.6 is 0 Å². The zero-order valence-corrected chi connectivity index (χ0v) is 10.9. The smallest absolute Gasteiger partial charge is 0.154 e. The molecule has 1 aliphatic rings. The van der Waals surface area contributed by atoms with Gasteiger partial charge >= 0.3 is 0 Å². The van der Waals surface area contributed by atoms with Crippen LogP contribution in [0.25, 0.3) is 0 Å². The van der Waals surface area contributed by atoms with Gasteiger partial charge in [0.1, 0.15) is 5.84 Å². The molecule has 2 heterocycles. The van der Waals surface area contributed by atoms with Crippen LogP contribution in [0, 0.1) is 5.41 Å². The van der Waals surface area contributed by atoms with Crippen LogP contribution in [0.2, 0.25) is 0 Å². The number of nitrogens with zero attached hydrogens (tertiary/aromatic N) is 2. The van der Waals surface area contributed by atoms with Crippen LogP contribution in [-0.4, -0.2) is 43.3 Å². The van der Waals surface area contributed by atoms with Gasteiger partial charge in [-0.15, -0.1) is 0 Å². The van der Waals surface area contributed by atoms with Crippen molar-refractivity contribution in [2.45, 2.75) is 13.0 Å². The van der Waals surface area contributed by atoms with Crippen LogP contribution in [0.1, 0.15) is 12.5 Å². The average Bonchev–Trinajstić information content (AvgIpc) is 2.28. The van der Waals surface area contributed by atoms with Crippen molar-refractivity contribution in [2.24, 2.45) is 5.73 Å². The number of sulfone groups is 1. The first-order chi connectivity index (χ1) is 8.41. The monoisotopic (exact) mass is 268 g/mol. The van der Waals surface area contributed by atoms with Gasteiger partial charge in [-0.25, -0.2) is 8.42 Å². The van der Waals surface area contributed by atoms with E-state index in [0.717, 1.165) is 5.69 Å². The lowest BCUT2D eigenvalue weighted by molar-refractivity contribution is 0.568. The van der Waals surface area contributed by atoms with Crippen LogP contribution in [0.3, 0.4) is 0 Å². The van der Waals surface area contributed by atoms with Crippen molar-refractivity contribution in [3.63, 3.8) is 0 Å². The number of nitrogen functional groups attached to an aromatic ring is 1. The van der Waals surface area contributed by atoms with Crippen molar-refractivity contribution in [3.05, 3.63) is 24.0 Å². The Balaban J connectivity index is 2.36. The first-order valence-corrected chi connectivity index (χ1v) is 7.48. The molecule has 1 aliphatic heterocycles. The Morgan fingerprint density at radius 3 is 2.94 bits per heavy atom. The summed E-state index contributed by atoms with van der Waals surface area (Å²) in [5.74, 6) is 0.219. The van der Waals surface area contributed by atoms with Crippen LogP contribution in [0.5, 0.6) is 0 Å². The summed E-state index contributed by atoms with van der Waals surface area (Å²) >= 11 is 0. The van der Waals surface area contributed by atoms with Crippen LogP contribution < -0.4 is 10.6 Å². The van der Waals surface area contributed by atoms with Crippen molar-refractivity contribution in [2.75, 3.05) is 23.0 Å². The minimum atomic E-state index is -2.95. The van der Waals surface area contributed by atoms with E-state index < -0.39 is 9.84 Å². The Kier molecular flexibility index (Phi) is 3.25. The maximum atomic E-state index is 11.5. The molecule has 1 fully saturated rings. The first kappa shape index (κ1) is 12.8. The standard InChI is InChI=1S/C11H16N4O2S/c1-8-7-18(16,17)5-4-15(8)10-6-14-3-2-9(10)11(12)13/h2-3,6,8H,4-5,7H2,1H3,(H3,12,13). The van der Waals surface area contributed by atoms with E-state index in [1.807, 2.05) is 11.8 Å². The largest absolute Gasteiger partial charge is 0.384 e. The van der Waals surface area contributed by atoms with Crippen LogP contribution in [0.15, 0.2) is 18.5 Å². The molecule has 0 amide bonds. The lowest BCUT2D eigenvalue weighted by Crippen LogP contribution is -2.47. The van der Waals surface area contributed by atoms with Crippen molar-refractivity contribution in [1.29, 1.82) is 5.41 Å². The number of anilines is 1. The Labute approximate surface area is 106 Å². The molecule has 0 aliphatic carbocycles. The Morgan fingerprint density at radius 1 is 1.61 bits per heavy atom. The molecule has 1 unspecified atom stereocenters. The number of rotatable bonds is 2. The summed E-state index contributed by atoms with van der Waals surface area (Å²) in [5, 5.41) is 7.54. The van der Waals surface area contributed by atoms with E-state index >= 15 is 0 Å². The van der Waals surface area contributed by atoms with Gasteiger partial charge in [0, 0.05) is 24.3 Å². The molecule has 0 aromatic carbocycles. The predicted octanol–water partition coefficient (Wildman–Crippen LogP) is -0.0110. The zero-order valence-electron chi connectivity index (χ0n) is 10.1. The molecular formula is C11H16N4O2S. The lowest BCUT2D eigenvalue weighted by atomic mass is 10.1. The third kappa shape index (κ3) is 2.45. The molecule has 0 radical (unpaired) electrons. The highest BCUT2D eigenvalue weighted by molar-refractivity contribution is 7.91. The summed E-state index contributed by atoms with van der Waals surface area (Å²) in [7, 11) is -2.95. The number of hydrogen-bond donors (Lipinski definition) is 2. The maximum Gasteiger partial charge on any atom is 0.154 e.